The second-order valence-corrected chi connectivity index (χ2v) is 9.29. The number of nitrogens with zero attached hydrogens (tertiary/aromatic N) is 2. The summed E-state index contributed by atoms with van der Waals surface area (Å²) in [6.45, 7) is 11.8. The molecule has 0 aromatic carbocycles. The Labute approximate surface area is 153 Å². The van der Waals surface area contributed by atoms with Crippen molar-refractivity contribution in [1.29, 1.82) is 0 Å². The molecule has 0 fully saturated rings. The third kappa shape index (κ3) is 5.01. The molecule has 0 atom stereocenters. The van der Waals surface area contributed by atoms with E-state index >= 15 is 0 Å². The van der Waals surface area contributed by atoms with E-state index in [2.05, 4.69) is 10.3 Å². The summed E-state index contributed by atoms with van der Waals surface area (Å²) >= 11 is 1.43. The van der Waals surface area contributed by atoms with E-state index < -0.39 is 5.41 Å². The lowest BCUT2D eigenvalue weighted by Crippen LogP contribution is -2.25. The molecule has 0 aliphatic heterocycles. The van der Waals surface area contributed by atoms with Crippen molar-refractivity contribution < 1.29 is 9.59 Å². The highest BCUT2D eigenvalue weighted by atomic mass is 32.1. The normalized spacial score (nSPS) is 12.3. The third-order valence-electron chi connectivity index (χ3n) is 3.61. The van der Waals surface area contributed by atoms with E-state index in [-0.39, 0.29) is 23.5 Å². The summed E-state index contributed by atoms with van der Waals surface area (Å²) in [5.41, 5.74) is 1.38. The maximum Gasteiger partial charge on any atom is 0.186 e. The summed E-state index contributed by atoms with van der Waals surface area (Å²) < 4.78 is 1.80. The Morgan fingerprint density at radius 1 is 1.20 bits per heavy atom. The van der Waals surface area contributed by atoms with Gasteiger partial charge in [0.1, 0.15) is 5.69 Å². The van der Waals surface area contributed by atoms with Crippen molar-refractivity contribution >= 4 is 28.0 Å². The predicted octanol–water partition coefficient (Wildman–Crippen LogP) is 4.35. The van der Waals surface area contributed by atoms with Gasteiger partial charge in [-0.15, -0.1) is 11.3 Å². The van der Waals surface area contributed by atoms with Crippen LogP contribution in [0.1, 0.15) is 68.1 Å². The molecule has 2 aromatic rings. The summed E-state index contributed by atoms with van der Waals surface area (Å²) in [4.78, 5) is 29.3. The number of Topliss-reactive ketones (excluding diaryl/α,β-unsaturated/α-hetero) is 2. The third-order valence-corrected chi connectivity index (χ3v) is 4.37. The second kappa shape index (κ2) is 6.75. The van der Waals surface area contributed by atoms with Gasteiger partial charge >= 0.3 is 0 Å². The highest BCUT2D eigenvalue weighted by Gasteiger charge is 2.26. The minimum absolute atomic E-state index is 0.0430. The molecular weight excluding hydrogens is 334 g/mol. The first kappa shape index (κ1) is 19.4. The smallest absolute Gasteiger partial charge is 0.186 e. The lowest BCUT2D eigenvalue weighted by Gasteiger charge is -2.19. The Bertz CT molecular complexity index is 788. The van der Waals surface area contributed by atoms with Crippen LogP contribution in [-0.2, 0) is 13.5 Å². The maximum atomic E-state index is 12.5. The molecule has 0 saturated carbocycles. The van der Waals surface area contributed by atoms with Gasteiger partial charge in [0.05, 0.1) is 5.69 Å². The number of ketones is 2. The van der Waals surface area contributed by atoms with Crippen molar-refractivity contribution in [3.63, 3.8) is 0 Å². The van der Waals surface area contributed by atoms with Crippen LogP contribution < -0.4 is 5.32 Å². The van der Waals surface area contributed by atoms with Crippen molar-refractivity contribution in [3.8, 4) is 0 Å². The van der Waals surface area contributed by atoms with Crippen LogP contribution >= 0.6 is 11.3 Å². The maximum absolute atomic E-state index is 12.5. The molecule has 0 unspecified atom stereocenters. The molecule has 2 rings (SSSR count). The van der Waals surface area contributed by atoms with Gasteiger partial charge in [-0.1, -0.05) is 20.8 Å². The lowest BCUT2D eigenvalue weighted by atomic mass is 9.89. The van der Waals surface area contributed by atoms with E-state index in [1.54, 1.807) is 9.95 Å². The van der Waals surface area contributed by atoms with Crippen LogP contribution in [-0.4, -0.2) is 26.7 Å². The van der Waals surface area contributed by atoms with Crippen molar-refractivity contribution in [1.82, 2.24) is 9.55 Å². The average molecular weight is 362 g/mol. The Hall–Kier alpha value is -1.95. The highest BCUT2D eigenvalue weighted by Crippen LogP contribution is 2.24. The standard InChI is InChI=1S/C19H27N3O2S/c1-18(2,3)16(24)14-8-12(10-22(14)7)9-15(23)13-11-25-17(20-13)21-19(4,5)6/h8,10-11H,9H2,1-7H3,(H,20,21). The van der Waals surface area contributed by atoms with Crippen LogP contribution in [0.25, 0.3) is 0 Å². The Balaban J connectivity index is 2.13. The number of carbonyl (C=O) groups is 2. The number of nitrogens with one attached hydrogen (secondary N) is 1. The van der Waals surface area contributed by atoms with Crippen molar-refractivity contribution in [2.24, 2.45) is 12.5 Å². The van der Waals surface area contributed by atoms with Gasteiger partial charge < -0.3 is 9.88 Å². The Kier molecular flexibility index (Phi) is 5.23. The first-order valence-electron chi connectivity index (χ1n) is 8.34. The van der Waals surface area contributed by atoms with E-state index in [4.69, 9.17) is 0 Å². The number of aromatic nitrogens is 2. The molecule has 25 heavy (non-hydrogen) atoms. The molecule has 0 aliphatic carbocycles. The van der Waals surface area contributed by atoms with E-state index in [0.29, 0.717) is 11.4 Å². The van der Waals surface area contributed by atoms with Crippen LogP contribution in [0.5, 0.6) is 0 Å². The quantitative estimate of drug-likeness (QED) is 0.804. The molecule has 0 spiro atoms. The topological polar surface area (TPSA) is 64.0 Å². The average Bonchev–Trinajstić information content (AvgIpc) is 3.02. The van der Waals surface area contributed by atoms with E-state index in [9.17, 15) is 9.59 Å². The SMILES string of the molecule is Cn1cc(CC(=O)c2csc(NC(C)(C)C)n2)cc1C(=O)C(C)(C)C. The van der Waals surface area contributed by atoms with E-state index in [1.165, 1.54) is 11.3 Å². The number of carbonyl (C=O) groups excluding carboxylic acids is 2. The lowest BCUT2D eigenvalue weighted by molar-refractivity contribution is 0.0849. The minimum Gasteiger partial charge on any atom is -0.357 e. The second-order valence-electron chi connectivity index (χ2n) is 8.44. The van der Waals surface area contributed by atoms with Crippen molar-refractivity contribution in [2.45, 2.75) is 53.5 Å². The van der Waals surface area contributed by atoms with Gasteiger partial charge in [-0.3, -0.25) is 9.59 Å². The van der Waals surface area contributed by atoms with Gasteiger partial charge in [0, 0.05) is 36.0 Å². The highest BCUT2D eigenvalue weighted by molar-refractivity contribution is 7.13. The molecule has 0 amide bonds. The molecule has 136 valence electrons. The predicted molar refractivity (Wildman–Crippen MR) is 103 cm³/mol. The number of hydrogen-bond donors (Lipinski definition) is 1. The Morgan fingerprint density at radius 2 is 1.84 bits per heavy atom. The largest absolute Gasteiger partial charge is 0.357 e. The van der Waals surface area contributed by atoms with Crippen LogP contribution in [0.3, 0.4) is 0 Å². The summed E-state index contributed by atoms with van der Waals surface area (Å²) in [5.74, 6) is 0.0255. The fourth-order valence-corrected chi connectivity index (χ4v) is 3.32. The molecule has 5 nitrogen and oxygen atoms in total. The van der Waals surface area contributed by atoms with Gasteiger partial charge in [-0.2, -0.15) is 0 Å². The molecule has 0 radical (unpaired) electrons. The van der Waals surface area contributed by atoms with Crippen LogP contribution in [0.4, 0.5) is 5.13 Å². The van der Waals surface area contributed by atoms with Gasteiger partial charge in [0.15, 0.2) is 16.7 Å². The monoisotopic (exact) mass is 361 g/mol. The molecular formula is C19H27N3O2S. The number of anilines is 1. The molecule has 0 saturated heterocycles. The molecule has 6 heteroatoms. The molecule has 2 heterocycles. The minimum atomic E-state index is -0.449. The number of aryl methyl sites for hydroxylation is 1. The van der Waals surface area contributed by atoms with Gasteiger partial charge in [0.2, 0.25) is 0 Å². The van der Waals surface area contributed by atoms with Crippen molar-refractivity contribution in [2.75, 3.05) is 5.32 Å². The van der Waals surface area contributed by atoms with Crippen LogP contribution in [0.15, 0.2) is 17.6 Å². The zero-order chi connectivity index (χ0) is 19.0. The summed E-state index contributed by atoms with van der Waals surface area (Å²) in [6.07, 6.45) is 2.08. The molecule has 1 N–H and O–H groups in total. The fourth-order valence-electron chi connectivity index (χ4n) is 2.40. The Morgan fingerprint density at radius 3 is 2.40 bits per heavy atom. The zero-order valence-electron chi connectivity index (χ0n) is 16.1. The van der Waals surface area contributed by atoms with Crippen LogP contribution in [0, 0.1) is 5.41 Å². The summed E-state index contributed by atoms with van der Waals surface area (Å²) in [7, 11) is 1.83. The van der Waals surface area contributed by atoms with E-state index in [0.717, 1.165) is 10.7 Å². The van der Waals surface area contributed by atoms with Crippen molar-refractivity contribution in [3.05, 3.63) is 34.6 Å². The van der Waals surface area contributed by atoms with Gasteiger partial charge in [-0.25, -0.2) is 4.98 Å². The summed E-state index contributed by atoms with van der Waals surface area (Å²) in [6, 6.07) is 1.81. The molecule has 0 bridgehead atoms. The van der Waals surface area contributed by atoms with Gasteiger partial charge in [-0.05, 0) is 32.4 Å². The number of hydrogen-bond acceptors (Lipinski definition) is 5. The van der Waals surface area contributed by atoms with Crippen LogP contribution in [0.2, 0.25) is 0 Å². The first-order valence-corrected chi connectivity index (χ1v) is 9.22. The first-order chi connectivity index (χ1) is 11.4. The molecule has 2 aromatic heterocycles. The number of thiazole rings is 1. The van der Waals surface area contributed by atoms with E-state index in [1.807, 2.05) is 60.9 Å². The zero-order valence-corrected chi connectivity index (χ0v) is 16.9. The molecule has 0 aliphatic rings. The summed E-state index contributed by atoms with van der Waals surface area (Å²) in [5, 5.41) is 5.79. The van der Waals surface area contributed by atoms with Gasteiger partial charge in [0.25, 0.3) is 0 Å². The fraction of sp³-hybridized carbons (Fsp3) is 0.526. The number of rotatable bonds is 5.